The van der Waals surface area contributed by atoms with E-state index in [9.17, 15) is 9.18 Å². The molecule has 0 heterocycles. The van der Waals surface area contributed by atoms with Crippen LogP contribution >= 0.6 is 0 Å². The van der Waals surface area contributed by atoms with Crippen molar-refractivity contribution in [3.8, 4) is 0 Å². The van der Waals surface area contributed by atoms with Gasteiger partial charge in [-0.3, -0.25) is 4.79 Å². The first-order chi connectivity index (χ1) is 11.4. The number of benzene rings is 2. The Kier molecular flexibility index (Phi) is 6.10. The van der Waals surface area contributed by atoms with E-state index in [1.165, 1.54) is 17.7 Å². The first-order valence-electron chi connectivity index (χ1n) is 8.34. The molecule has 1 unspecified atom stereocenters. The fourth-order valence-corrected chi connectivity index (χ4v) is 2.50. The van der Waals surface area contributed by atoms with Gasteiger partial charge in [-0.15, -0.1) is 0 Å². The van der Waals surface area contributed by atoms with E-state index in [1.54, 1.807) is 12.1 Å². The molecule has 0 saturated carbocycles. The van der Waals surface area contributed by atoms with Crippen molar-refractivity contribution >= 4 is 11.6 Å². The van der Waals surface area contributed by atoms with Crippen molar-refractivity contribution in [2.24, 2.45) is 0 Å². The predicted octanol–water partition coefficient (Wildman–Crippen LogP) is 2.99. The Hall–Kier alpha value is -2.20. The number of hydrogen-bond acceptors (Lipinski definition) is 1. The van der Waals surface area contributed by atoms with Crippen molar-refractivity contribution < 1.29 is 14.1 Å². The molecule has 0 aromatic heterocycles. The average molecular weight is 329 g/mol. The van der Waals surface area contributed by atoms with Crippen LogP contribution in [-0.4, -0.2) is 19.0 Å². The van der Waals surface area contributed by atoms with Gasteiger partial charge < -0.3 is 10.2 Å². The summed E-state index contributed by atoms with van der Waals surface area (Å²) in [5.41, 5.74) is 3.07. The van der Waals surface area contributed by atoms with E-state index in [4.69, 9.17) is 0 Å². The quantitative estimate of drug-likeness (QED) is 0.839. The van der Waals surface area contributed by atoms with E-state index in [0.717, 1.165) is 16.2 Å². The zero-order chi connectivity index (χ0) is 17.7. The molecule has 2 N–H and O–H groups in total. The first kappa shape index (κ1) is 18.1. The van der Waals surface area contributed by atoms with E-state index >= 15 is 0 Å². The molecule has 2 aromatic rings. The second-order valence-corrected chi connectivity index (χ2v) is 6.64. The zero-order valence-electron chi connectivity index (χ0n) is 14.8. The highest BCUT2D eigenvalue weighted by atomic mass is 19.1. The molecule has 128 valence electrons. The van der Waals surface area contributed by atoms with E-state index in [-0.39, 0.29) is 17.8 Å². The number of likely N-dealkylation sites (N-methyl/N-ethyl adjacent to an activating group) is 1. The van der Waals surface area contributed by atoms with Gasteiger partial charge >= 0.3 is 0 Å². The van der Waals surface area contributed by atoms with Crippen LogP contribution in [0.4, 0.5) is 10.1 Å². The second kappa shape index (κ2) is 8.06. The van der Waals surface area contributed by atoms with Gasteiger partial charge in [0.05, 0.1) is 7.05 Å². The van der Waals surface area contributed by atoms with E-state index in [0.29, 0.717) is 12.5 Å². The van der Waals surface area contributed by atoms with Gasteiger partial charge in [-0.1, -0.05) is 38.1 Å². The molecule has 0 saturated heterocycles. The molecule has 0 aliphatic rings. The smallest absolute Gasteiger partial charge is 0.282 e. The minimum atomic E-state index is -0.243. The molecule has 0 bridgehead atoms. The number of anilines is 1. The van der Waals surface area contributed by atoms with Gasteiger partial charge in [0.15, 0.2) is 6.04 Å². The highest BCUT2D eigenvalue weighted by Gasteiger charge is 2.22. The van der Waals surface area contributed by atoms with Gasteiger partial charge in [0.1, 0.15) is 12.4 Å². The summed E-state index contributed by atoms with van der Waals surface area (Å²) in [7, 11) is 1.97. The van der Waals surface area contributed by atoms with Crippen molar-refractivity contribution in [1.82, 2.24) is 0 Å². The number of quaternary nitrogens is 1. The third-order valence-corrected chi connectivity index (χ3v) is 4.37. The summed E-state index contributed by atoms with van der Waals surface area (Å²) in [6.45, 7) is 6.85. The van der Waals surface area contributed by atoms with Gasteiger partial charge in [-0.25, -0.2) is 4.39 Å². The Morgan fingerprint density at radius 2 is 1.62 bits per heavy atom. The summed E-state index contributed by atoms with van der Waals surface area (Å²) < 4.78 is 13.0. The van der Waals surface area contributed by atoms with E-state index in [1.807, 2.05) is 38.2 Å². The van der Waals surface area contributed by atoms with Gasteiger partial charge in [0.25, 0.3) is 5.91 Å². The van der Waals surface area contributed by atoms with E-state index in [2.05, 4.69) is 19.2 Å². The van der Waals surface area contributed by atoms with Crippen LogP contribution in [0.2, 0.25) is 0 Å². The molecule has 2 rings (SSSR count). The Bertz CT molecular complexity index is 665. The van der Waals surface area contributed by atoms with Crippen LogP contribution in [-0.2, 0) is 11.3 Å². The summed E-state index contributed by atoms with van der Waals surface area (Å²) in [5, 5.41) is 2.96. The lowest BCUT2D eigenvalue weighted by molar-refractivity contribution is -0.907. The van der Waals surface area contributed by atoms with Crippen LogP contribution in [0.3, 0.4) is 0 Å². The largest absolute Gasteiger partial charge is 0.324 e. The Balaban J connectivity index is 1.94. The standard InChI is InChI=1S/C20H25FN2O/c1-14(2)17-7-11-19(12-8-17)22-20(24)15(3)23(4)13-16-5-9-18(21)10-6-16/h5-12,14-15H,13H2,1-4H3,(H,22,24)/p+1/t15-/m0/s1. The fraction of sp³-hybridized carbons (Fsp3) is 0.350. The maximum absolute atomic E-state index is 13.0. The zero-order valence-corrected chi connectivity index (χ0v) is 14.8. The minimum absolute atomic E-state index is 0.0214. The monoisotopic (exact) mass is 329 g/mol. The molecular formula is C20H26FN2O+. The average Bonchev–Trinajstić information content (AvgIpc) is 2.56. The minimum Gasteiger partial charge on any atom is -0.324 e. The third kappa shape index (κ3) is 4.90. The van der Waals surface area contributed by atoms with Crippen LogP contribution in [0.15, 0.2) is 48.5 Å². The molecule has 3 nitrogen and oxygen atoms in total. The number of carbonyl (C=O) groups is 1. The second-order valence-electron chi connectivity index (χ2n) is 6.64. The van der Waals surface area contributed by atoms with Crippen LogP contribution < -0.4 is 10.2 Å². The Morgan fingerprint density at radius 1 is 1.04 bits per heavy atom. The summed E-state index contributed by atoms with van der Waals surface area (Å²) in [5.74, 6) is 0.207. The molecular weight excluding hydrogens is 303 g/mol. The van der Waals surface area contributed by atoms with Crippen molar-refractivity contribution in [2.45, 2.75) is 39.3 Å². The number of amides is 1. The van der Waals surface area contributed by atoms with Crippen molar-refractivity contribution in [2.75, 3.05) is 12.4 Å². The molecule has 0 spiro atoms. The number of nitrogens with one attached hydrogen (secondary N) is 2. The number of rotatable bonds is 6. The lowest BCUT2D eigenvalue weighted by Gasteiger charge is -2.21. The number of carbonyl (C=O) groups excluding carboxylic acids is 1. The molecule has 0 radical (unpaired) electrons. The molecule has 0 aliphatic heterocycles. The highest BCUT2D eigenvalue weighted by Crippen LogP contribution is 2.17. The SMILES string of the molecule is CC(C)c1ccc(NC(=O)[C@H](C)[NH+](C)Cc2ccc(F)cc2)cc1. The maximum atomic E-state index is 13.0. The van der Waals surface area contributed by atoms with Gasteiger partial charge in [0, 0.05) is 11.3 Å². The molecule has 24 heavy (non-hydrogen) atoms. The van der Waals surface area contributed by atoms with Gasteiger partial charge in [-0.05, 0) is 42.7 Å². The molecule has 2 aromatic carbocycles. The topological polar surface area (TPSA) is 33.5 Å². The summed E-state index contributed by atoms with van der Waals surface area (Å²) in [4.78, 5) is 13.5. The lowest BCUT2D eigenvalue weighted by Crippen LogP contribution is -3.12. The highest BCUT2D eigenvalue weighted by molar-refractivity contribution is 5.93. The lowest BCUT2D eigenvalue weighted by atomic mass is 10.0. The normalized spacial score (nSPS) is 13.6. The molecule has 0 fully saturated rings. The van der Waals surface area contributed by atoms with Crippen molar-refractivity contribution in [3.63, 3.8) is 0 Å². The summed E-state index contributed by atoms with van der Waals surface area (Å²) >= 11 is 0. The van der Waals surface area contributed by atoms with Crippen LogP contribution in [0.25, 0.3) is 0 Å². The predicted molar refractivity (Wildman–Crippen MR) is 95.6 cm³/mol. The van der Waals surface area contributed by atoms with Gasteiger partial charge in [-0.2, -0.15) is 0 Å². The number of halogens is 1. The Morgan fingerprint density at radius 3 is 2.17 bits per heavy atom. The third-order valence-electron chi connectivity index (χ3n) is 4.37. The molecule has 0 aliphatic carbocycles. The Labute approximate surface area is 143 Å². The van der Waals surface area contributed by atoms with Crippen LogP contribution in [0.1, 0.15) is 37.8 Å². The van der Waals surface area contributed by atoms with E-state index < -0.39 is 0 Å². The first-order valence-corrected chi connectivity index (χ1v) is 8.34. The molecule has 4 heteroatoms. The summed E-state index contributed by atoms with van der Waals surface area (Å²) in [6, 6.07) is 14.2. The molecule has 1 amide bonds. The van der Waals surface area contributed by atoms with Crippen LogP contribution in [0.5, 0.6) is 0 Å². The van der Waals surface area contributed by atoms with Crippen molar-refractivity contribution in [3.05, 3.63) is 65.5 Å². The number of hydrogen-bond donors (Lipinski definition) is 2. The molecule has 2 atom stereocenters. The van der Waals surface area contributed by atoms with Crippen LogP contribution in [0, 0.1) is 5.82 Å². The van der Waals surface area contributed by atoms with Crippen molar-refractivity contribution in [1.29, 1.82) is 0 Å². The maximum Gasteiger partial charge on any atom is 0.282 e. The summed E-state index contributed by atoms with van der Waals surface area (Å²) in [6.07, 6.45) is 0. The fourth-order valence-electron chi connectivity index (χ4n) is 2.50. The van der Waals surface area contributed by atoms with Gasteiger partial charge in [0.2, 0.25) is 0 Å².